The second-order valence-corrected chi connectivity index (χ2v) is 8.40. The highest BCUT2D eigenvalue weighted by molar-refractivity contribution is 6.04. The SMILES string of the molecule is COc1ccc(C)cc1N1CC(C(=O)Nc2ccc(C(C)(C)C)cc2)CC1=O. The Morgan fingerprint density at radius 3 is 2.43 bits per heavy atom. The summed E-state index contributed by atoms with van der Waals surface area (Å²) in [6.45, 7) is 8.77. The first-order valence-corrected chi connectivity index (χ1v) is 9.55. The molecule has 0 spiro atoms. The van der Waals surface area contributed by atoms with Crippen LogP contribution in [0.3, 0.4) is 0 Å². The van der Waals surface area contributed by atoms with Gasteiger partial charge in [-0.15, -0.1) is 0 Å². The third-order valence-corrected chi connectivity index (χ3v) is 5.14. The molecule has 1 saturated heterocycles. The normalized spacial score (nSPS) is 17.0. The summed E-state index contributed by atoms with van der Waals surface area (Å²) < 4.78 is 5.40. The van der Waals surface area contributed by atoms with Gasteiger partial charge in [-0.2, -0.15) is 0 Å². The largest absolute Gasteiger partial charge is 0.495 e. The first kappa shape index (κ1) is 19.9. The number of rotatable bonds is 4. The number of carbonyl (C=O) groups is 2. The van der Waals surface area contributed by atoms with E-state index in [9.17, 15) is 9.59 Å². The fraction of sp³-hybridized carbons (Fsp3) is 0.391. The molecule has 0 saturated carbocycles. The summed E-state index contributed by atoms with van der Waals surface area (Å²) in [5, 5.41) is 2.95. The Morgan fingerprint density at radius 2 is 1.82 bits per heavy atom. The topological polar surface area (TPSA) is 58.6 Å². The molecule has 1 aliphatic heterocycles. The summed E-state index contributed by atoms with van der Waals surface area (Å²) in [7, 11) is 1.58. The Bertz CT molecular complexity index is 882. The predicted molar refractivity (Wildman–Crippen MR) is 112 cm³/mol. The van der Waals surface area contributed by atoms with Crippen molar-refractivity contribution in [2.75, 3.05) is 23.9 Å². The standard InChI is InChI=1S/C23H28N2O3/c1-15-6-11-20(28-5)19(12-15)25-14-16(13-21(25)26)22(27)24-18-9-7-17(8-10-18)23(2,3)4/h6-12,16H,13-14H2,1-5H3,(H,24,27). The first-order chi connectivity index (χ1) is 13.2. The van der Waals surface area contributed by atoms with Crippen LogP contribution in [-0.2, 0) is 15.0 Å². The predicted octanol–water partition coefficient (Wildman–Crippen LogP) is 4.29. The number of methoxy groups -OCH3 is 1. The van der Waals surface area contributed by atoms with Gasteiger partial charge in [-0.05, 0) is 47.7 Å². The summed E-state index contributed by atoms with van der Waals surface area (Å²) >= 11 is 0. The highest BCUT2D eigenvalue weighted by Crippen LogP contribution is 2.34. The van der Waals surface area contributed by atoms with E-state index in [0.29, 0.717) is 12.3 Å². The van der Waals surface area contributed by atoms with Gasteiger partial charge in [0.2, 0.25) is 11.8 Å². The number of nitrogens with zero attached hydrogens (tertiary/aromatic N) is 1. The molecule has 3 rings (SSSR count). The molecule has 0 aliphatic carbocycles. The summed E-state index contributed by atoms with van der Waals surface area (Å²) in [4.78, 5) is 26.9. The van der Waals surface area contributed by atoms with Crippen LogP contribution in [0.1, 0.15) is 38.3 Å². The number of hydrogen-bond donors (Lipinski definition) is 1. The van der Waals surface area contributed by atoms with Crippen LogP contribution < -0.4 is 15.0 Å². The summed E-state index contributed by atoms with van der Waals surface area (Å²) in [5.41, 5.74) is 3.78. The molecule has 5 heteroatoms. The summed E-state index contributed by atoms with van der Waals surface area (Å²) in [6.07, 6.45) is 0.197. The zero-order valence-corrected chi connectivity index (χ0v) is 17.2. The molecule has 1 fully saturated rings. The number of anilines is 2. The number of aryl methyl sites for hydroxylation is 1. The zero-order chi connectivity index (χ0) is 20.5. The second kappa shape index (κ2) is 7.66. The Balaban J connectivity index is 1.71. The molecule has 1 N–H and O–H groups in total. The average molecular weight is 380 g/mol. The van der Waals surface area contributed by atoms with Crippen LogP contribution in [0.25, 0.3) is 0 Å². The fourth-order valence-electron chi connectivity index (χ4n) is 3.42. The number of amides is 2. The van der Waals surface area contributed by atoms with Gasteiger partial charge >= 0.3 is 0 Å². The third kappa shape index (κ3) is 4.19. The van der Waals surface area contributed by atoms with Gasteiger partial charge in [-0.25, -0.2) is 0 Å². The number of hydrogen-bond acceptors (Lipinski definition) is 3. The van der Waals surface area contributed by atoms with E-state index in [-0.39, 0.29) is 29.6 Å². The number of nitrogens with one attached hydrogen (secondary N) is 1. The van der Waals surface area contributed by atoms with E-state index >= 15 is 0 Å². The minimum absolute atomic E-state index is 0.0628. The van der Waals surface area contributed by atoms with E-state index in [4.69, 9.17) is 4.74 Å². The Kier molecular flexibility index (Phi) is 5.45. The molecule has 1 unspecified atom stereocenters. The monoisotopic (exact) mass is 380 g/mol. The van der Waals surface area contributed by atoms with Crippen molar-refractivity contribution in [1.82, 2.24) is 0 Å². The Morgan fingerprint density at radius 1 is 1.14 bits per heavy atom. The lowest BCUT2D eigenvalue weighted by Crippen LogP contribution is -2.28. The van der Waals surface area contributed by atoms with Gasteiger partial charge in [0, 0.05) is 18.7 Å². The van der Waals surface area contributed by atoms with E-state index in [1.54, 1.807) is 12.0 Å². The first-order valence-electron chi connectivity index (χ1n) is 9.55. The van der Waals surface area contributed by atoms with Crippen LogP contribution in [0.4, 0.5) is 11.4 Å². The number of benzene rings is 2. The van der Waals surface area contributed by atoms with Crippen molar-refractivity contribution in [3.05, 3.63) is 53.6 Å². The van der Waals surface area contributed by atoms with Crippen LogP contribution >= 0.6 is 0 Å². The van der Waals surface area contributed by atoms with Crippen molar-refractivity contribution < 1.29 is 14.3 Å². The quantitative estimate of drug-likeness (QED) is 0.861. The van der Waals surface area contributed by atoms with Crippen LogP contribution in [-0.4, -0.2) is 25.5 Å². The number of ether oxygens (including phenoxy) is 1. The Labute approximate surface area is 166 Å². The molecule has 1 aliphatic rings. The van der Waals surface area contributed by atoms with Crippen molar-refractivity contribution in [1.29, 1.82) is 0 Å². The molecule has 0 radical (unpaired) electrons. The van der Waals surface area contributed by atoms with Crippen molar-refractivity contribution in [2.45, 2.75) is 39.5 Å². The van der Waals surface area contributed by atoms with Crippen LogP contribution in [0.2, 0.25) is 0 Å². The maximum Gasteiger partial charge on any atom is 0.229 e. The van der Waals surface area contributed by atoms with Gasteiger partial charge in [0.1, 0.15) is 5.75 Å². The molecule has 148 valence electrons. The molecular weight excluding hydrogens is 352 g/mol. The molecule has 1 heterocycles. The van der Waals surface area contributed by atoms with E-state index in [1.807, 2.05) is 49.4 Å². The van der Waals surface area contributed by atoms with E-state index in [0.717, 1.165) is 16.9 Å². The lowest BCUT2D eigenvalue weighted by atomic mass is 9.87. The molecular formula is C23H28N2O3. The average Bonchev–Trinajstić information content (AvgIpc) is 3.03. The summed E-state index contributed by atoms with van der Waals surface area (Å²) in [6, 6.07) is 13.6. The molecule has 2 aromatic rings. The zero-order valence-electron chi connectivity index (χ0n) is 17.2. The van der Waals surface area contributed by atoms with Gasteiger partial charge in [0.15, 0.2) is 0 Å². The Hall–Kier alpha value is -2.82. The molecule has 0 bridgehead atoms. The molecule has 28 heavy (non-hydrogen) atoms. The highest BCUT2D eigenvalue weighted by Gasteiger charge is 2.36. The van der Waals surface area contributed by atoms with Gasteiger partial charge in [-0.1, -0.05) is 39.0 Å². The molecule has 0 aromatic heterocycles. The maximum absolute atomic E-state index is 12.7. The smallest absolute Gasteiger partial charge is 0.229 e. The van der Waals surface area contributed by atoms with Crippen LogP contribution in [0.15, 0.2) is 42.5 Å². The molecule has 2 aromatic carbocycles. The lowest BCUT2D eigenvalue weighted by Gasteiger charge is -2.20. The van der Waals surface area contributed by atoms with Crippen molar-refractivity contribution >= 4 is 23.2 Å². The van der Waals surface area contributed by atoms with Crippen molar-refractivity contribution in [3.8, 4) is 5.75 Å². The lowest BCUT2D eigenvalue weighted by molar-refractivity contribution is -0.122. The molecule has 5 nitrogen and oxygen atoms in total. The number of carbonyl (C=O) groups excluding carboxylic acids is 2. The van der Waals surface area contributed by atoms with Gasteiger partial charge in [-0.3, -0.25) is 9.59 Å². The van der Waals surface area contributed by atoms with Crippen LogP contribution in [0, 0.1) is 12.8 Å². The minimum atomic E-state index is -0.389. The highest BCUT2D eigenvalue weighted by atomic mass is 16.5. The van der Waals surface area contributed by atoms with Gasteiger partial charge in [0.25, 0.3) is 0 Å². The van der Waals surface area contributed by atoms with E-state index in [1.165, 1.54) is 5.56 Å². The second-order valence-electron chi connectivity index (χ2n) is 8.40. The van der Waals surface area contributed by atoms with Crippen LogP contribution in [0.5, 0.6) is 5.75 Å². The third-order valence-electron chi connectivity index (χ3n) is 5.14. The van der Waals surface area contributed by atoms with E-state index < -0.39 is 0 Å². The minimum Gasteiger partial charge on any atom is -0.495 e. The van der Waals surface area contributed by atoms with Gasteiger partial charge < -0.3 is 15.0 Å². The van der Waals surface area contributed by atoms with E-state index in [2.05, 4.69) is 26.1 Å². The molecule has 2 amide bonds. The maximum atomic E-state index is 12.7. The van der Waals surface area contributed by atoms with Crippen molar-refractivity contribution in [3.63, 3.8) is 0 Å². The van der Waals surface area contributed by atoms with Gasteiger partial charge in [0.05, 0.1) is 18.7 Å². The molecule has 1 atom stereocenters. The fourth-order valence-corrected chi connectivity index (χ4v) is 3.42. The van der Waals surface area contributed by atoms with Crippen molar-refractivity contribution in [2.24, 2.45) is 5.92 Å². The summed E-state index contributed by atoms with van der Waals surface area (Å²) in [5.74, 6) is 0.0518.